The van der Waals surface area contributed by atoms with E-state index in [0.29, 0.717) is 10.8 Å². The van der Waals surface area contributed by atoms with Crippen molar-refractivity contribution in [3.8, 4) is 0 Å². The van der Waals surface area contributed by atoms with Gasteiger partial charge >= 0.3 is 0 Å². The van der Waals surface area contributed by atoms with Crippen molar-refractivity contribution in [2.45, 2.75) is 6.42 Å². The van der Waals surface area contributed by atoms with E-state index in [4.69, 9.17) is 23.1 Å². The number of nitrogens with two attached hydrogens (primary N) is 2. The van der Waals surface area contributed by atoms with Gasteiger partial charge in [-0.2, -0.15) is 0 Å². The largest absolute Gasteiger partial charge is 0.398 e. The van der Waals surface area contributed by atoms with Gasteiger partial charge in [0.25, 0.3) is 0 Å². The van der Waals surface area contributed by atoms with Crippen molar-refractivity contribution in [1.29, 1.82) is 0 Å². The van der Waals surface area contributed by atoms with Gasteiger partial charge in [0.2, 0.25) is 5.91 Å². The first-order valence-electron chi connectivity index (χ1n) is 3.95. The predicted molar refractivity (Wildman–Crippen MR) is 56.5 cm³/mol. The lowest BCUT2D eigenvalue weighted by atomic mass is 10.2. The maximum atomic E-state index is 10.4. The molecule has 0 aliphatic heterocycles. The number of carbonyl (C=O) groups excluding carboxylic acids is 1. The van der Waals surface area contributed by atoms with E-state index in [1.54, 1.807) is 18.2 Å². The Hall–Kier alpha value is -1.55. The molecule has 1 amide bonds. The molecule has 1 aromatic heterocycles. The highest BCUT2D eigenvalue weighted by Crippen LogP contribution is 2.16. The summed E-state index contributed by atoms with van der Waals surface area (Å²) in [7, 11) is 0. The van der Waals surface area contributed by atoms with E-state index in [-0.39, 0.29) is 12.3 Å². The number of hydrogen-bond acceptors (Lipinski definition) is 3. The van der Waals surface area contributed by atoms with Gasteiger partial charge < -0.3 is 11.5 Å². The Morgan fingerprint density at radius 1 is 1.64 bits per heavy atom. The van der Waals surface area contributed by atoms with E-state index in [9.17, 15) is 4.79 Å². The molecule has 74 valence electrons. The van der Waals surface area contributed by atoms with Crippen LogP contribution in [-0.4, -0.2) is 10.9 Å². The zero-order valence-electron chi connectivity index (χ0n) is 7.40. The van der Waals surface area contributed by atoms with Gasteiger partial charge in [0.1, 0.15) is 5.15 Å². The van der Waals surface area contributed by atoms with Gasteiger partial charge in [-0.1, -0.05) is 23.8 Å². The molecule has 0 fully saturated rings. The fraction of sp³-hybridized carbons (Fsp3) is 0.111. The average Bonchev–Trinajstić information content (AvgIpc) is 2.08. The van der Waals surface area contributed by atoms with E-state index < -0.39 is 0 Å². The molecule has 4 nitrogen and oxygen atoms in total. The summed E-state index contributed by atoms with van der Waals surface area (Å²) in [6.07, 6.45) is 5.03. The van der Waals surface area contributed by atoms with E-state index >= 15 is 0 Å². The van der Waals surface area contributed by atoms with Gasteiger partial charge in [0, 0.05) is 23.9 Å². The summed E-state index contributed by atoms with van der Waals surface area (Å²) in [4.78, 5) is 14.3. The topological polar surface area (TPSA) is 82.0 Å². The number of halogens is 1. The molecule has 0 saturated carbocycles. The molecule has 0 bridgehead atoms. The number of pyridine rings is 1. The standard InChI is InChI=1S/C9H10ClN3O/c10-8-4-7(11)6(5-13-8)2-1-3-9(12)14/h1-2,4-5H,3H2,(H2,11,13)(H2,12,14). The molecule has 1 heterocycles. The Labute approximate surface area is 86.6 Å². The molecular formula is C9H10ClN3O. The number of anilines is 1. The van der Waals surface area contributed by atoms with Crippen molar-refractivity contribution in [2.75, 3.05) is 5.73 Å². The number of amides is 1. The molecule has 0 atom stereocenters. The van der Waals surface area contributed by atoms with Gasteiger partial charge in [-0.3, -0.25) is 4.79 Å². The van der Waals surface area contributed by atoms with Crippen LogP contribution >= 0.6 is 11.6 Å². The minimum atomic E-state index is -0.387. The van der Waals surface area contributed by atoms with Crippen molar-refractivity contribution in [2.24, 2.45) is 5.73 Å². The molecule has 0 radical (unpaired) electrons. The number of nitrogen functional groups attached to an aromatic ring is 1. The number of aromatic nitrogens is 1. The van der Waals surface area contributed by atoms with Crippen LogP contribution < -0.4 is 11.5 Å². The van der Waals surface area contributed by atoms with Crippen LogP contribution in [0.15, 0.2) is 18.3 Å². The normalized spacial score (nSPS) is 10.6. The van der Waals surface area contributed by atoms with Crippen LogP contribution in [0.1, 0.15) is 12.0 Å². The van der Waals surface area contributed by atoms with Crippen LogP contribution in [-0.2, 0) is 4.79 Å². The summed E-state index contributed by atoms with van der Waals surface area (Å²) in [5, 5.41) is 0.342. The second-order valence-corrected chi connectivity index (χ2v) is 3.10. The monoisotopic (exact) mass is 211 g/mol. The first kappa shape index (κ1) is 10.5. The minimum Gasteiger partial charge on any atom is -0.398 e. The van der Waals surface area contributed by atoms with Crippen molar-refractivity contribution < 1.29 is 4.79 Å². The molecule has 0 unspecified atom stereocenters. The van der Waals surface area contributed by atoms with Crippen LogP contribution in [0.3, 0.4) is 0 Å². The fourth-order valence-electron chi connectivity index (χ4n) is 0.896. The molecule has 0 spiro atoms. The first-order valence-corrected chi connectivity index (χ1v) is 4.33. The third-order valence-electron chi connectivity index (χ3n) is 1.55. The van der Waals surface area contributed by atoms with Crippen LogP contribution in [0.5, 0.6) is 0 Å². The summed E-state index contributed by atoms with van der Waals surface area (Å²) in [6.45, 7) is 0. The maximum Gasteiger partial charge on any atom is 0.221 e. The van der Waals surface area contributed by atoms with Crippen molar-refractivity contribution in [1.82, 2.24) is 4.98 Å². The third kappa shape index (κ3) is 3.06. The number of primary amides is 1. The van der Waals surface area contributed by atoms with Crippen LogP contribution in [0.25, 0.3) is 6.08 Å². The Morgan fingerprint density at radius 3 is 2.93 bits per heavy atom. The van der Waals surface area contributed by atoms with Crippen LogP contribution in [0.4, 0.5) is 5.69 Å². The van der Waals surface area contributed by atoms with E-state index in [1.807, 2.05) is 0 Å². The SMILES string of the molecule is NC(=O)CC=Cc1cnc(Cl)cc1N. The first-order chi connectivity index (χ1) is 6.59. The molecular weight excluding hydrogens is 202 g/mol. The lowest BCUT2D eigenvalue weighted by molar-refractivity contribution is -0.117. The minimum absolute atomic E-state index is 0.183. The number of nitrogens with zero attached hydrogens (tertiary/aromatic N) is 1. The third-order valence-corrected chi connectivity index (χ3v) is 1.76. The summed E-state index contributed by atoms with van der Waals surface area (Å²) in [5.41, 5.74) is 11.8. The van der Waals surface area contributed by atoms with Crippen molar-refractivity contribution in [3.63, 3.8) is 0 Å². The number of carbonyl (C=O) groups is 1. The summed E-state index contributed by atoms with van der Waals surface area (Å²) in [6, 6.07) is 1.55. The highest BCUT2D eigenvalue weighted by atomic mass is 35.5. The summed E-state index contributed by atoms with van der Waals surface area (Å²) in [5.74, 6) is -0.387. The highest BCUT2D eigenvalue weighted by molar-refractivity contribution is 6.29. The lowest BCUT2D eigenvalue weighted by Crippen LogP contribution is -2.07. The van der Waals surface area contributed by atoms with Crippen LogP contribution in [0.2, 0.25) is 5.15 Å². The Bertz CT molecular complexity index is 376. The molecule has 0 saturated heterocycles. The molecule has 0 aromatic carbocycles. The second kappa shape index (κ2) is 4.62. The van der Waals surface area contributed by atoms with Gasteiger partial charge in [0.05, 0.1) is 0 Å². The summed E-state index contributed by atoms with van der Waals surface area (Å²) >= 11 is 5.61. The Balaban J connectivity index is 2.76. The molecule has 5 heteroatoms. The van der Waals surface area contributed by atoms with Gasteiger partial charge in [-0.05, 0) is 6.07 Å². The van der Waals surface area contributed by atoms with Gasteiger partial charge in [-0.25, -0.2) is 4.98 Å². The number of hydrogen-bond donors (Lipinski definition) is 2. The Morgan fingerprint density at radius 2 is 2.36 bits per heavy atom. The second-order valence-electron chi connectivity index (χ2n) is 2.71. The maximum absolute atomic E-state index is 10.4. The molecule has 14 heavy (non-hydrogen) atoms. The zero-order chi connectivity index (χ0) is 10.6. The average molecular weight is 212 g/mol. The number of rotatable bonds is 3. The fourth-order valence-corrected chi connectivity index (χ4v) is 1.06. The quantitative estimate of drug-likeness (QED) is 0.738. The van der Waals surface area contributed by atoms with Crippen molar-refractivity contribution in [3.05, 3.63) is 29.1 Å². The molecule has 1 rings (SSSR count). The molecule has 0 aliphatic carbocycles. The molecule has 1 aromatic rings. The zero-order valence-corrected chi connectivity index (χ0v) is 8.16. The van der Waals surface area contributed by atoms with Gasteiger partial charge in [0.15, 0.2) is 0 Å². The predicted octanol–water partition coefficient (Wildman–Crippen LogP) is 1.21. The Kier molecular flexibility index (Phi) is 3.48. The van der Waals surface area contributed by atoms with E-state index in [2.05, 4.69) is 4.98 Å². The van der Waals surface area contributed by atoms with Crippen molar-refractivity contribution >= 4 is 29.3 Å². The van der Waals surface area contributed by atoms with E-state index in [0.717, 1.165) is 5.56 Å². The lowest BCUT2D eigenvalue weighted by Gasteiger charge is -1.98. The van der Waals surface area contributed by atoms with Crippen LogP contribution in [0, 0.1) is 0 Å². The summed E-state index contributed by atoms with van der Waals surface area (Å²) < 4.78 is 0. The van der Waals surface area contributed by atoms with E-state index in [1.165, 1.54) is 6.20 Å². The molecule has 0 aliphatic rings. The smallest absolute Gasteiger partial charge is 0.221 e. The highest BCUT2D eigenvalue weighted by Gasteiger charge is 1.97. The van der Waals surface area contributed by atoms with Gasteiger partial charge in [-0.15, -0.1) is 0 Å². The molecule has 4 N–H and O–H groups in total.